The first-order valence-electron chi connectivity index (χ1n) is 6.10. The minimum Gasteiger partial charge on any atom is -0.496 e. The highest BCUT2D eigenvalue weighted by molar-refractivity contribution is 5.84. The number of ether oxygens (including phenoxy) is 1. The number of nitrogens with one attached hydrogen (secondary N) is 1. The molecule has 1 rings (SSSR count). The molecule has 0 aliphatic rings. The standard InChI is InChI=1S/C14H19NO4/c1-9(2)13(16)15-11(14(17)18)8-10-6-4-5-7-12(10)19-3/h4-7,9,11H,8H2,1-3H3,(H,15,16)(H,17,18)/t11-/m1/s1. The van der Waals surface area contributed by atoms with Crippen LogP contribution in [0.1, 0.15) is 19.4 Å². The zero-order chi connectivity index (χ0) is 14.4. The number of aliphatic carboxylic acids is 1. The molecule has 1 atom stereocenters. The van der Waals surface area contributed by atoms with Gasteiger partial charge in [0.2, 0.25) is 5.91 Å². The van der Waals surface area contributed by atoms with E-state index in [1.807, 2.05) is 6.07 Å². The van der Waals surface area contributed by atoms with Gasteiger partial charge in [-0.2, -0.15) is 0 Å². The number of carboxylic acid groups (broad SMARTS) is 1. The van der Waals surface area contributed by atoms with Crippen molar-refractivity contribution >= 4 is 11.9 Å². The van der Waals surface area contributed by atoms with Crippen LogP contribution in [0.2, 0.25) is 0 Å². The molecule has 5 heteroatoms. The number of para-hydroxylation sites is 1. The van der Waals surface area contributed by atoms with E-state index in [9.17, 15) is 14.7 Å². The van der Waals surface area contributed by atoms with E-state index >= 15 is 0 Å². The largest absolute Gasteiger partial charge is 0.496 e. The van der Waals surface area contributed by atoms with Gasteiger partial charge in [-0.05, 0) is 11.6 Å². The van der Waals surface area contributed by atoms with Gasteiger partial charge in [0, 0.05) is 12.3 Å². The van der Waals surface area contributed by atoms with Crippen LogP contribution < -0.4 is 10.1 Å². The van der Waals surface area contributed by atoms with Gasteiger partial charge in [-0.1, -0.05) is 32.0 Å². The topological polar surface area (TPSA) is 75.6 Å². The van der Waals surface area contributed by atoms with Crippen molar-refractivity contribution in [2.24, 2.45) is 5.92 Å². The molecule has 104 valence electrons. The Balaban J connectivity index is 2.84. The van der Waals surface area contributed by atoms with Crippen LogP contribution in [0.4, 0.5) is 0 Å². The van der Waals surface area contributed by atoms with Crippen LogP contribution in [0.25, 0.3) is 0 Å². The predicted molar refractivity (Wildman–Crippen MR) is 71.1 cm³/mol. The number of carbonyl (C=O) groups is 2. The summed E-state index contributed by atoms with van der Waals surface area (Å²) in [6, 6.07) is 6.21. The van der Waals surface area contributed by atoms with Gasteiger partial charge in [0.1, 0.15) is 11.8 Å². The van der Waals surface area contributed by atoms with Gasteiger partial charge in [0.25, 0.3) is 0 Å². The lowest BCUT2D eigenvalue weighted by Crippen LogP contribution is -2.44. The van der Waals surface area contributed by atoms with Gasteiger partial charge in [-0.3, -0.25) is 4.79 Å². The normalized spacial score (nSPS) is 12.0. The number of hydrogen-bond donors (Lipinski definition) is 2. The van der Waals surface area contributed by atoms with Crippen LogP contribution in [0, 0.1) is 5.92 Å². The Morgan fingerprint density at radius 3 is 2.47 bits per heavy atom. The number of benzene rings is 1. The maximum atomic E-state index is 11.6. The van der Waals surface area contributed by atoms with E-state index < -0.39 is 12.0 Å². The zero-order valence-electron chi connectivity index (χ0n) is 11.3. The van der Waals surface area contributed by atoms with E-state index in [0.29, 0.717) is 5.75 Å². The Labute approximate surface area is 112 Å². The number of carbonyl (C=O) groups excluding carboxylic acids is 1. The Hall–Kier alpha value is -2.04. The van der Waals surface area contributed by atoms with Crippen LogP contribution in [-0.4, -0.2) is 30.1 Å². The smallest absolute Gasteiger partial charge is 0.326 e. The number of hydrogen-bond acceptors (Lipinski definition) is 3. The molecule has 2 N–H and O–H groups in total. The molecule has 0 aromatic heterocycles. The highest BCUT2D eigenvalue weighted by atomic mass is 16.5. The quantitative estimate of drug-likeness (QED) is 0.816. The minimum absolute atomic E-state index is 0.192. The first-order chi connectivity index (χ1) is 8.95. The van der Waals surface area contributed by atoms with Crippen LogP contribution in [0.5, 0.6) is 5.75 Å². The molecule has 0 bridgehead atoms. The SMILES string of the molecule is COc1ccccc1C[C@@H](NC(=O)C(C)C)C(=O)O. The maximum absolute atomic E-state index is 11.6. The van der Waals surface area contributed by atoms with E-state index in [2.05, 4.69) is 5.32 Å². The van der Waals surface area contributed by atoms with Gasteiger partial charge in [-0.15, -0.1) is 0 Å². The highest BCUT2D eigenvalue weighted by Gasteiger charge is 2.22. The summed E-state index contributed by atoms with van der Waals surface area (Å²) >= 11 is 0. The van der Waals surface area contributed by atoms with Crippen molar-refractivity contribution in [3.63, 3.8) is 0 Å². The molecule has 19 heavy (non-hydrogen) atoms. The molecular weight excluding hydrogens is 246 g/mol. The maximum Gasteiger partial charge on any atom is 0.326 e. The van der Waals surface area contributed by atoms with Crippen LogP contribution in [-0.2, 0) is 16.0 Å². The van der Waals surface area contributed by atoms with Gasteiger partial charge in [-0.25, -0.2) is 4.79 Å². The first-order valence-corrected chi connectivity index (χ1v) is 6.10. The third kappa shape index (κ3) is 4.28. The van der Waals surface area contributed by atoms with Crippen molar-refractivity contribution in [3.05, 3.63) is 29.8 Å². The zero-order valence-corrected chi connectivity index (χ0v) is 11.3. The van der Waals surface area contributed by atoms with Gasteiger partial charge in [0.15, 0.2) is 0 Å². The second-order valence-electron chi connectivity index (χ2n) is 4.57. The fourth-order valence-corrected chi connectivity index (χ4v) is 1.63. The average Bonchev–Trinajstić information content (AvgIpc) is 2.38. The van der Waals surface area contributed by atoms with Crippen molar-refractivity contribution in [2.75, 3.05) is 7.11 Å². The molecule has 0 unspecified atom stereocenters. The number of carboxylic acids is 1. The summed E-state index contributed by atoms with van der Waals surface area (Å²) < 4.78 is 5.17. The van der Waals surface area contributed by atoms with Crippen LogP contribution in [0.3, 0.4) is 0 Å². The van der Waals surface area contributed by atoms with E-state index in [1.54, 1.807) is 32.0 Å². The Morgan fingerprint density at radius 1 is 1.32 bits per heavy atom. The van der Waals surface area contributed by atoms with E-state index in [1.165, 1.54) is 7.11 Å². The molecule has 0 heterocycles. The summed E-state index contributed by atoms with van der Waals surface area (Å²) in [5.41, 5.74) is 0.751. The fourth-order valence-electron chi connectivity index (χ4n) is 1.63. The molecule has 1 aromatic rings. The molecule has 5 nitrogen and oxygen atoms in total. The second-order valence-corrected chi connectivity index (χ2v) is 4.57. The molecule has 0 fully saturated rings. The number of rotatable bonds is 6. The summed E-state index contributed by atoms with van der Waals surface area (Å²) in [5, 5.41) is 11.7. The van der Waals surface area contributed by atoms with Gasteiger partial charge in [0.05, 0.1) is 7.11 Å². The Morgan fingerprint density at radius 2 is 1.95 bits per heavy atom. The van der Waals surface area contributed by atoms with Gasteiger partial charge >= 0.3 is 5.97 Å². The summed E-state index contributed by atoms with van der Waals surface area (Å²) in [7, 11) is 1.53. The number of amides is 1. The highest BCUT2D eigenvalue weighted by Crippen LogP contribution is 2.19. The lowest BCUT2D eigenvalue weighted by molar-refractivity contribution is -0.142. The minimum atomic E-state index is -1.06. The number of methoxy groups -OCH3 is 1. The van der Waals surface area contributed by atoms with Gasteiger partial charge < -0.3 is 15.2 Å². The molecule has 0 aliphatic heterocycles. The summed E-state index contributed by atoms with van der Waals surface area (Å²) in [6.07, 6.45) is 0.192. The monoisotopic (exact) mass is 265 g/mol. The molecule has 1 amide bonds. The third-order valence-electron chi connectivity index (χ3n) is 2.76. The molecule has 0 saturated heterocycles. The fraction of sp³-hybridized carbons (Fsp3) is 0.429. The van der Waals surface area contributed by atoms with E-state index in [0.717, 1.165) is 5.56 Å². The van der Waals surface area contributed by atoms with E-state index in [4.69, 9.17) is 4.74 Å². The molecule has 0 aliphatic carbocycles. The second kappa shape index (κ2) is 6.78. The average molecular weight is 265 g/mol. The van der Waals surface area contributed by atoms with E-state index in [-0.39, 0.29) is 18.2 Å². The summed E-state index contributed by atoms with van der Waals surface area (Å²) in [6.45, 7) is 3.44. The lowest BCUT2D eigenvalue weighted by atomic mass is 10.0. The Bertz CT molecular complexity index is 457. The van der Waals surface area contributed by atoms with Crippen LogP contribution >= 0.6 is 0 Å². The molecule has 0 spiro atoms. The van der Waals surface area contributed by atoms with Crippen molar-refractivity contribution in [2.45, 2.75) is 26.3 Å². The molecule has 0 radical (unpaired) electrons. The lowest BCUT2D eigenvalue weighted by Gasteiger charge is -2.17. The van der Waals surface area contributed by atoms with Crippen molar-refractivity contribution in [3.8, 4) is 5.75 Å². The third-order valence-corrected chi connectivity index (χ3v) is 2.76. The molecule has 0 saturated carbocycles. The van der Waals surface area contributed by atoms with Crippen molar-refractivity contribution < 1.29 is 19.4 Å². The van der Waals surface area contributed by atoms with Crippen molar-refractivity contribution in [1.82, 2.24) is 5.32 Å². The molecular formula is C14H19NO4. The molecule has 1 aromatic carbocycles. The summed E-state index contributed by atoms with van der Waals surface area (Å²) in [4.78, 5) is 22.8. The van der Waals surface area contributed by atoms with Crippen molar-refractivity contribution in [1.29, 1.82) is 0 Å². The predicted octanol–water partition coefficient (Wildman–Crippen LogP) is 1.46. The van der Waals surface area contributed by atoms with Crippen LogP contribution in [0.15, 0.2) is 24.3 Å². The summed E-state index contributed by atoms with van der Waals surface area (Å²) in [5.74, 6) is -0.964. The first kappa shape index (κ1) is 15.0. The Kier molecular flexibility index (Phi) is 5.36.